The highest BCUT2D eigenvalue weighted by atomic mass is 16.7. The molecule has 1 aromatic carbocycles. The van der Waals surface area contributed by atoms with Crippen LogP contribution in [0.2, 0.25) is 0 Å². The van der Waals surface area contributed by atoms with Crippen LogP contribution in [0.3, 0.4) is 0 Å². The molecule has 0 aliphatic carbocycles. The van der Waals surface area contributed by atoms with Gasteiger partial charge in [0.1, 0.15) is 0 Å². The highest BCUT2D eigenvalue weighted by molar-refractivity contribution is 5.84. The van der Waals surface area contributed by atoms with Crippen molar-refractivity contribution in [3.8, 4) is 11.5 Å². The molecular formula is C14H18N4O2. The zero-order valence-corrected chi connectivity index (χ0v) is 11.5. The topological polar surface area (TPSA) is 58.5 Å². The van der Waals surface area contributed by atoms with E-state index in [4.69, 9.17) is 9.47 Å². The Kier molecular flexibility index (Phi) is 3.71. The highest BCUT2D eigenvalue weighted by Gasteiger charge is 2.12. The molecule has 1 N–H and O–H groups in total. The van der Waals surface area contributed by atoms with Crippen LogP contribution in [0.15, 0.2) is 28.3 Å². The van der Waals surface area contributed by atoms with E-state index in [2.05, 4.69) is 15.4 Å². The number of ether oxygens (including phenoxy) is 2. The average molecular weight is 274 g/mol. The number of nitrogens with one attached hydrogen (secondary N) is 1. The largest absolute Gasteiger partial charge is 0.454 e. The van der Waals surface area contributed by atoms with E-state index in [1.54, 1.807) is 11.2 Å². The van der Waals surface area contributed by atoms with Crippen LogP contribution in [0.5, 0.6) is 11.5 Å². The van der Waals surface area contributed by atoms with Gasteiger partial charge in [-0.05, 0) is 36.6 Å². The molecule has 0 unspecified atom stereocenters. The summed E-state index contributed by atoms with van der Waals surface area (Å²) in [7, 11) is 1.89. The first-order chi connectivity index (χ1) is 9.83. The molecule has 0 aromatic heterocycles. The van der Waals surface area contributed by atoms with Crippen molar-refractivity contribution in [2.45, 2.75) is 12.8 Å². The first-order valence-electron chi connectivity index (χ1n) is 6.78. The Morgan fingerprint density at radius 3 is 3.15 bits per heavy atom. The van der Waals surface area contributed by atoms with Gasteiger partial charge in [-0.2, -0.15) is 5.10 Å². The van der Waals surface area contributed by atoms with Crippen molar-refractivity contribution >= 4 is 12.2 Å². The minimum atomic E-state index is 0.288. The van der Waals surface area contributed by atoms with Crippen molar-refractivity contribution < 1.29 is 9.47 Å². The summed E-state index contributed by atoms with van der Waals surface area (Å²) in [5.74, 6) is 2.37. The molecule has 1 aromatic rings. The molecular weight excluding hydrogens is 256 g/mol. The molecule has 0 radical (unpaired) electrons. The van der Waals surface area contributed by atoms with Crippen molar-refractivity contribution in [1.82, 2.24) is 10.3 Å². The van der Waals surface area contributed by atoms with Crippen LogP contribution in [0, 0.1) is 0 Å². The van der Waals surface area contributed by atoms with Crippen LogP contribution < -0.4 is 14.8 Å². The number of hydrogen-bond donors (Lipinski definition) is 1. The van der Waals surface area contributed by atoms with Gasteiger partial charge in [0.05, 0.1) is 6.21 Å². The van der Waals surface area contributed by atoms with Crippen molar-refractivity contribution in [2.75, 3.05) is 26.9 Å². The fourth-order valence-electron chi connectivity index (χ4n) is 2.10. The molecule has 0 fully saturated rings. The van der Waals surface area contributed by atoms with E-state index in [0.29, 0.717) is 0 Å². The molecule has 2 aliphatic heterocycles. The SMILES string of the molecule is CN(/N=C/c1ccc2c(c1)OCO2)C1=NCCCCN1. The van der Waals surface area contributed by atoms with Crippen molar-refractivity contribution in [3.05, 3.63) is 23.8 Å². The number of guanidine groups is 1. The van der Waals surface area contributed by atoms with Crippen LogP contribution in [-0.2, 0) is 0 Å². The van der Waals surface area contributed by atoms with Crippen molar-refractivity contribution in [1.29, 1.82) is 0 Å². The molecule has 0 saturated carbocycles. The van der Waals surface area contributed by atoms with Crippen LogP contribution in [0.4, 0.5) is 0 Å². The van der Waals surface area contributed by atoms with Crippen LogP contribution in [0.1, 0.15) is 18.4 Å². The second-order valence-electron chi connectivity index (χ2n) is 4.72. The molecule has 0 saturated heterocycles. The lowest BCUT2D eigenvalue weighted by atomic mass is 10.2. The number of nitrogens with zero attached hydrogens (tertiary/aromatic N) is 3. The van der Waals surface area contributed by atoms with Gasteiger partial charge in [0.2, 0.25) is 12.8 Å². The standard InChI is InChI=1S/C14H18N4O2/c1-18(14-15-6-2-3-7-16-14)17-9-11-4-5-12-13(8-11)20-10-19-12/h4-5,8-9H,2-3,6-7,10H2,1H3,(H,15,16)/b17-9+. The quantitative estimate of drug-likeness (QED) is 0.654. The number of rotatable bonds is 2. The molecule has 20 heavy (non-hydrogen) atoms. The van der Waals surface area contributed by atoms with Gasteiger partial charge >= 0.3 is 0 Å². The molecule has 6 nitrogen and oxygen atoms in total. The van der Waals surface area contributed by atoms with Gasteiger partial charge in [0.15, 0.2) is 11.5 Å². The van der Waals surface area contributed by atoms with Gasteiger partial charge in [-0.3, -0.25) is 4.99 Å². The van der Waals surface area contributed by atoms with Gasteiger partial charge in [-0.1, -0.05) is 0 Å². The Morgan fingerprint density at radius 2 is 2.20 bits per heavy atom. The smallest absolute Gasteiger partial charge is 0.231 e. The lowest BCUT2D eigenvalue weighted by Crippen LogP contribution is -2.35. The minimum Gasteiger partial charge on any atom is -0.454 e. The second-order valence-corrected chi connectivity index (χ2v) is 4.72. The molecule has 0 spiro atoms. The van der Waals surface area contributed by atoms with E-state index in [0.717, 1.165) is 49.0 Å². The third kappa shape index (κ3) is 2.84. The summed E-state index contributed by atoms with van der Waals surface area (Å²) in [5.41, 5.74) is 0.968. The van der Waals surface area contributed by atoms with Gasteiger partial charge in [-0.15, -0.1) is 0 Å². The van der Waals surface area contributed by atoms with E-state index < -0.39 is 0 Å². The highest BCUT2D eigenvalue weighted by Crippen LogP contribution is 2.31. The third-order valence-corrected chi connectivity index (χ3v) is 3.21. The summed E-state index contributed by atoms with van der Waals surface area (Å²) in [4.78, 5) is 4.47. The fraction of sp³-hybridized carbons (Fsp3) is 0.429. The second kappa shape index (κ2) is 5.81. The van der Waals surface area contributed by atoms with Gasteiger partial charge in [0, 0.05) is 20.1 Å². The van der Waals surface area contributed by atoms with E-state index in [1.165, 1.54) is 0 Å². The fourth-order valence-corrected chi connectivity index (χ4v) is 2.10. The molecule has 0 bridgehead atoms. The predicted molar refractivity (Wildman–Crippen MR) is 77.5 cm³/mol. The minimum absolute atomic E-state index is 0.288. The molecule has 0 atom stereocenters. The number of fused-ring (bicyclic) bond motifs is 1. The summed E-state index contributed by atoms with van der Waals surface area (Å²) in [6.45, 7) is 2.09. The summed E-state index contributed by atoms with van der Waals surface area (Å²) in [5, 5.41) is 9.44. The van der Waals surface area contributed by atoms with Crippen molar-refractivity contribution in [3.63, 3.8) is 0 Å². The Labute approximate surface area is 118 Å². The maximum Gasteiger partial charge on any atom is 0.231 e. The Bertz CT molecular complexity index is 542. The van der Waals surface area contributed by atoms with E-state index >= 15 is 0 Å². The van der Waals surface area contributed by atoms with Crippen LogP contribution >= 0.6 is 0 Å². The zero-order chi connectivity index (χ0) is 13.8. The first-order valence-corrected chi connectivity index (χ1v) is 6.78. The Hall–Kier alpha value is -2.24. The van der Waals surface area contributed by atoms with Gasteiger partial charge in [0.25, 0.3) is 0 Å². The van der Waals surface area contributed by atoms with Crippen LogP contribution in [-0.4, -0.2) is 44.1 Å². The maximum absolute atomic E-state index is 5.35. The summed E-state index contributed by atoms with van der Waals surface area (Å²) >= 11 is 0. The van der Waals surface area contributed by atoms with Gasteiger partial charge in [-0.25, -0.2) is 5.01 Å². The number of hydrogen-bond acceptors (Lipinski definition) is 6. The molecule has 2 heterocycles. The molecule has 0 amide bonds. The van der Waals surface area contributed by atoms with E-state index in [-0.39, 0.29) is 6.79 Å². The number of hydrazone groups is 1. The first kappa shape index (κ1) is 12.8. The van der Waals surface area contributed by atoms with E-state index in [9.17, 15) is 0 Å². The molecule has 106 valence electrons. The third-order valence-electron chi connectivity index (χ3n) is 3.21. The van der Waals surface area contributed by atoms with Crippen LogP contribution in [0.25, 0.3) is 0 Å². The molecule has 6 heteroatoms. The molecule has 3 rings (SSSR count). The maximum atomic E-state index is 5.35. The normalized spacial score (nSPS) is 17.6. The zero-order valence-electron chi connectivity index (χ0n) is 11.5. The average Bonchev–Trinajstić information content (AvgIpc) is 2.76. The Morgan fingerprint density at radius 1 is 1.30 bits per heavy atom. The summed E-state index contributed by atoms with van der Waals surface area (Å²) in [6.07, 6.45) is 4.06. The Balaban J connectivity index is 1.68. The lowest BCUT2D eigenvalue weighted by molar-refractivity contribution is 0.174. The number of benzene rings is 1. The predicted octanol–water partition coefficient (Wildman–Crippen LogP) is 1.42. The molecule has 2 aliphatic rings. The van der Waals surface area contributed by atoms with Crippen molar-refractivity contribution in [2.24, 2.45) is 10.1 Å². The monoisotopic (exact) mass is 274 g/mol. The van der Waals surface area contributed by atoms with E-state index in [1.807, 2.05) is 25.2 Å². The summed E-state index contributed by atoms with van der Waals surface area (Å²) in [6, 6.07) is 5.76. The number of aliphatic imine (C=N–C) groups is 1. The lowest BCUT2D eigenvalue weighted by Gasteiger charge is -2.15. The summed E-state index contributed by atoms with van der Waals surface area (Å²) < 4.78 is 10.6. The van der Waals surface area contributed by atoms with Gasteiger partial charge < -0.3 is 14.8 Å².